The smallest absolute Gasteiger partial charge is 0.251 e. The number of carbonyl (C=O) groups is 1. The zero-order valence-electron chi connectivity index (χ0n) is 15.9. The first-order valence-corrected chi connectivity index (χ1v) is 9.59. The van der Waals surface area contributed by atoms with Crippen molar-refractivity contribution < 1.29 is 9.53 Å². The number of methoxy groups -OCH3 is 1. The fourth-order valence-corrected chi connectivity index (χ4v) is 4.35. The molecule has 0 spiro atoms. The highest BCUT2D eigenvalue weighted by atomic mass is 16.5. The maximum absolute atomic E-state index is 12.4. The van der Waals surface area contributed by atoms with Crippen LogP contribution in [0.3, 0.4) is 0 Å². The van der Waals surface area contributed by atoms with Crippen LogP contribution in [-0.2, 0) is 4.74 Å². The lowest BCUT2D eigenvalue weighted by molar-refractivity contribution is 0.0937. The third kappa shape index (κ3) is 3.37. The fourth-order valence-electron chi connectivity index (χ4n) is 4.35. The maximum Gasteiger partial charge on any atom is 0.251 e. The highest BCUT2D eigenvalue weighted by molar-refractivity contribution is 5.95. The Labute approximate surface area is 160 Å². The van der Waals surface area contributed by atoms with E-state index >= 15 is 0 Å². The van der Waals surface area contributed by atoms with Gasteiger partial charge in [0.2, 0.25) is 0 Å². The highest BCUT2D eigenvalue weighted by Crippen LogP contribution is 2.50. The Hall–Kier alpha value is -2.59. The van der Waals surface area contributed by atoms with Crippen LogP contribution < -0.4 is 10.6 Å². The number of amides is 1. The maximum atomic E-state index is 12.4. The molecule has 4 rings (SSSR count). The molecule has 2 aliphatic rings. The molecule has 2 aromatic rings. The van der Waals surface area contributed by atoms with Crippen LogP contribution in [0.5, 0.6) is 0 Å². The lowest BCUT2D eigenvalue weighted by Crippen LogP contribution is -2.31. The van der Waals surface area contributed by atoms with Crippen molar-refractivity contribution in [3.8, 4) is 0 Å². The summed E-state index contributed by atoms with van der Waals surface area (Å²) in [5.41, 5.74) is 5.74. The van der Waals surface area contributed by atoms with E-state index in [2.05, 4.69) is 54.0 Å². The number of allylic oxidation sites excluding steroid dienone is 2. The molecule has 1 heterocycles. The van der Waals surface area contributed by atoms with Gasteiger partial charge < -0.3 is 15.4 Å². The molecule has 3 unspecified atom stereocenters. The van der Waals surface area contributed by atoms with Crippen molar-refractivity contribution in [3.05, 3.63) is 76.9 Å². The molecule has 4 heteroatoms. The normalized spacial score (nSPS) is 22.7. The third-order valence-electron chi connectivity index (χ3n) is 5.74. The summed E-state index contributed by atoms with van der Waals surface area (Å²) in [6.07, 6.45) is 5.64. The largest absolute Gasteiger partial charge is 0.383 e. The molecule has 1 amide bonds. The number of anilines is 1. The molecule has 1 aliphatic carbocycles. The molecule has 0 radical (unpaired) electrons. The Morgan fingerprint density at radius 1 is 1.22 bits per heavy atom. The van der Waals surface area contributed by atoms with E-state index in [1.807, 2.05) is 18.2 Å². The summed E-state index contributed by atoms with van der Waals surface area (Å²) in [4.78, 5) is 12.4. The van der Waals surface area contributed by atoms with Gasteiger partial charge in [0.15, 0.2) is 0 Å². The molecule has 0 aromatic heterocycles. The number of ether oxygens (including phenoxy) is 1. The van der Waals surface area contributed by atoms with Crippen LogP contribution in [0.25, 0.3) is 0 Å². The van der Waals surface area contributed by atoms with Gasteiger partial charge >= 0.3 is 0 Å². The van der Waals surface area contributed by atoms with E-state index in [-0.39, 0.29) is 5.91 Å². The molecule has 4 nitrogen and oxygen atoms in total. The first-order chi connectivity index (χ1) is 13.2. The van der Waals surface area contributed by atoms with E-state index in [9.17, 15) is 4.79 Å². The summed E-state index contributed by atoms with van der Waals surface area (Å²) >= 11 is 0. The number of hydrogen-bond donors (Lipinski definition) is 2. The van der Waals surface area contributed by atoms with Gasteiger partial charge in [-0.2, -0.15) is 0 Å². The predicted molar refractivity (Wildman–Crippen MR) is 108 cm³/mol. The quantitative estimate of drug-likeness (QED) is 0.619. The standard InChI is InChI=1S/C23H26N2O2/c1-15-6-3-4-7-17(15)22-19-9-5-8-18(19)20-14-16(10-11-21(20)25-22)23(26)24-12-13-27-2/h3-8,10-11,14,18-19,22,25H,9,12-13H2,1-2H3,(H,24,26). The van der Waals surface area contributed by atoms with Gasteiger partial charge in [0.05, 0.1) is 12.6 Å². The third-order valence-corrected chi connectivity index (χ3v) is 5.74. The number of hydrogen-bond acceptors (Lipinski definition) is 3. The van der Waals surface area contributed by atoms with E-state index in [1.165, 1.54) is 16.7 Å². The van der Waals surface area contributed by atoms with Crippen LogP contribution in [-0.4, -0.2) is 26.2 Å². The van der Waals surface area contributed by atoms with Crippen molar-refractivity contribution in [2.45, 2.75) is 25.3 Å². The summed E-state index contributed by atoms with van der Waals surface area (Å²) in [6, 6.07) is 14.9. The molecule has 0 saturated heterocycles. The molecule has 0 saturated carbocycles. The van der Waals surface area contributed by atoms with Crippen LogP contribution in [0, 0.1) is 12.8 Å². The van der Waals surface area contributed by atoms with E-state index in [0.29, 0.717) is 36.6 Å². The Balaban J connectivity index is 1.64. The average molecular weight is 362 g/mol. The number of nitrogens with one attached hydrogen (secondary N) is 2. The number of rotatable bonds is 5. The lowest BCUT2D eigenvalue weighted by Gasteiger charge is -2.38. The Morgan fingerprint density at radius 3 is 2.89 bits per heavy atom. The zero-order valence-corrected chi connectivity index (χ0v) is 15.9. The molecule has 0 bridgehead atoms. The van der Waals surface area contributed by atoms with Gasteiger partial charge in [0.25, 0.3) is 5.91 Å². The average Bonchev–Trinajstić information content (AvgIpc) is 3.18. The first kappa shape index (κ1) is 17.8. The van der Waals surface area contributed by atoms with Crippen molar-refractivity contribution in [1.82, 2.24) is 5.32 Å². The van der Waals surface area contributed by atoms with Crippen LogP contribution >= 0.6 is 0 Å². The second kappa shape index (κ2) is 7.57. The molecule has 3 atom stereocenters. The molecule has 27 heavy (non-hydrogen) atoms. The molecule has 1 aliphatic heterocycles. The molecular formula is C23H26N2O2. The molecule has 0 fully saturated rings. The summed E-state index contributed by atoms with van der Waals surface area (Å²) in [5.74, 6) is 0.775. The summed E-state index contributed by atoms with van der Waals surface area (Å²) in [6.45, 7) is 3.22. The van der Waals surface area contributed by atoms with Gasteiger partial charge in [-0.15, -0.1) is 0 Å². The second-order valence-corrected chi connectivity index (χ2v) is 7.38. The minimum absolute atomic E-state index is 0.0468. The zero-order chi connectivity index (χ0) is 18.8. The van der Waals surface area contributed by atoms with Gasteiger partial charge in [-0.3, -0.25) is 4.79 Å². The number of fused-ring (bicyclic) bond motifs is 3. The Morgan fingerprint density at radius 2 is 2.07 bits per heavy atom. The predicted octanol–water partition coefficient (Wildman–Crippen LogP) is 4.20. The van der Waals surface area contributed by atoms with E-state index < -0.39 is 0 Å². The fraction of sp³-hybridized carbons (Fsp3) is 0.348. The minimum Gasteiger partial charge on any atom is -0.383 e. The first-order valence-electron chi connectivity index (χ1n) is 9.59. The molecular weight excluding hydrogens is 336 g/mol. The van der Waals surface area contributed by atoms with E-state index in [0.717, 1.165) is 12.1 Å². The van der Waals surface area contributed by atoms with Crippen molar-refractivity contribution >= 4 is 11.6 Å². The number of benzene rings is 2. The van der Waals surface area contributed by atoms with Gasteiger partial charge in [0, 0.05) is 30.8 Å². The van der Waals surface area contributed by atoms with Gasteiger partial charge in [-0.1, -0.05) is 36.4 Å². The number of carbonyl (C=O) groups excluding carboxylic acids is 1. The lowest BCUT2D eigenvalue weighted by atomic mass is 9.76. The van der Waals surface area contributed by atoms with Crippen molar-refractivity contribution in [1.29, 1.82) is 0 Å². The monoisotopic (exact) mass is 362 g/mol. The van der Waals surface area contributed by atoms with Gasteiger partial charge in [-0.05, 0) is 54.2 Å². The van der Waals surface area contributed by atoms with Gasteiger partial charge in [-0.25, -0.2) is 0 Å². The topological polar surface area (TPSA) is 50.4 Å². The van der Waals surface area contributed by atoms with E-state index in [1.54, 1.807) is 7.11 Å². The van der Waals surface area contributed by atoms with Crippen LogP contribution in [0.15, 0.2) is 54.6 Å². The summed E-state index contributed by atoms with van der Waals surface area (Å²) in [5, 5.41) is 6.66. The SMILES string of the molecule is COCCNC(=O)c1ccc2c(c1)C1C=CCC1C(c1ccccc1C)N2. The van der Waals surface area contributed by atoms with Crippen LogP contribution in [0.2, 0.25) is 0 Å². The van der Waals surface area contributed by atoms with Crippen molar-refractivity contribution in [2.24, 2.45) is 5.92 Å². The van der Waals surface area contributed by atoms with Crippen LogP contribution in [0.4, 0.5) is 5.69 Å². The van der Waals surface area contributed by atoms with Crippen molar-refractivity contribution in [2.75, 3.05) is 25.6 Å². The Bertz CT molecular complexity index is 874. The highest BCUT2D eigenvalue weighted by Gasteiger charge is 2.38. The molecule has 2 aromatic carbocycles. The second-order valence-electron chi connectivity index (χ2n) is 7.38. The number of aryl methyl sites for hydroxylation is 1. The summed E-state index contributed by atoms with van der Waals surface area (Å²) < 4.78 is 5.01. The Kier molecular flexibility index (Phi) is 4.99. The van der Waals surface area contributed by atoms with Gasteiger partial charge in [0.1, 0.15) is 0 Å². The van der Waals surface area contributed by atoms with E-state index in [4.69, 9.17) is 4.74 Å². The van der Waals surface area contributed by atoms with Crippen LogP contribution in [0.1, 0.15) is 45.4 Å². The summed E-state index contributed by atoms with van der Waals surface area (Å²) in [7, 11) is 1.63. The minimum atomic E-state index is -0.0468. The van der Waals surface area contributed by atoms with Crippen molar-refractivity contribution in [3.63, 3.8) is 0 Å². The molecule has 140 valence electrons. The molecule has 2 N–H and O–H groups in total.